The molecule has 0 aliphatic carbocycles. The van der Waals surface area contributed by atoms with E-state index in [0.717, 1.165) is 21.4 Å². The van der Waals surface area contributed by atoms with E-state index in [2.05, 4.69) is 26.2 Å². The third kappa shape index (κ3) is 3.39. The number of rotatable bonds is 5. The zero-order valence-corrected chi connectivity index (χ0v) is 13.8. The van der Waals surface area contributed by atoms with Gasteiger partial charge in [0, 0.05) is 6.54 Å². The van der Waals surface area contributed by atoms with Gasteiger partial charge in [-0.3, -0.25) is 0 Å². The highest BCUT2D eigenvalue weighted by Gasteiger charge is 2.08. The van der Waals surface area contributed by atoms with Crippen LogP contribution in [-0.4, -0.2) is 19.2 Å². The number of methoxy groups -OCH3 is 2. The van der Waals surface area contributed by atoms with Crippen LogP contribution >= 0.6 is 15.9 Å². The third-order valence-corrected chi connectivity index (χ3v) is 4.18. The predicted octanol–water partition coefficient (Wildman–Crippen LogP) is 3.36. The maximum atomic E-state index is 5.82. The summed E-state index contributed by atoms with van der Waals surface area (Å²) in [6.45, 7) is 2.57. The molecule has 0 aliphatic rings. The highest BCUT2D eigenvalue weighted by molar-refractivity contribution is 9.10. The minimum atomic E-state index is 0.620. The van der Waals surface area contributed by atoms with Crippen molar-refractivity contribution in [2.24, 2.45) is 0 Å². The van der Waals surface area contributed by atoms with Gasteiger partial charge >= 0.3 is 0 Å². The van der Waals surface area contributed by atoms with E-state index in [0.29, 0.717) is 23.7 Å². The number of nitrogens with two attached hydrogens (primary N) is 1. The zero-order valence-electron chi connectivity index (χ0n) is 12.2. The Kier molecular flexibility index (Phi) is 4.90. The van der Waals surface area contributed by atoms with Crippen LogP contribution in [0.15, 0.2) is 28.9 Å². The summed E-state index contributed by atoms with van der Waals surface area (Å²) in [5.41, 5.74) is 8.52. The quantitative estimate of drug-likeness (QED) is 0.864. The lowest BCUT2D eigenvalue weighted by Crippen LogP contribution is -2.04. The largest absolute Gasteiger partial charge is 0.493 e. The zero-order chi connectivity index (χ0) is 15.4. The number of benzene rings is 1. The first-order valence-corrected chi connectivity index (χ1v) is 7.21. The molecule has 0 saturated heterocycles. The van der Waals surface area contributed by atoms with Crippen LogP contribution in [-0.2, 0) is 6.54 Å². The molecule has 6 heteroatoms. The lowest BCUT2D eigenvalue weighted by Gasteiger charge is -2.12. The van der Waals surface area contributed by atoms with Gasteiger partial charge in [-0.15, -0.1) is 0 Å². The second-order valence-corrected chi connectivity index (χ2v) is 5.34. The summed E-state index contributed by atoms with van der Waals surface area (Å²) in [5, 5.41) is 3.28. The molecule has 0 spiro atoms. The van der Waals surface area contributed by atoms with Gasteiger partial charge in [-0.05, 0) is 46.1 Å². The summed E-state index contributed by atoms with van der Waals surface area (Å²) >= 11 is 3.51. The average molecular weight is 352 g/mol. The van der Waals surface area contributed by atoms with E-state index in [1.165, 1.54) is 0 Å². The van der Waals surface area contributed by atoms with Gasteiger partial charge in [0.05, 0.1) is 30.6 Å². The van der Waals surface area contributed by atoms with Gasteiger partial charge in [0.15, 0.2) is 11.5 Å². The van der Waals surface area contributed by atoms with Gasteiger partial charge in [0.2, 0.25) is 0 Å². The van der Waals surface area contributed by atoms with E-state index in [1.807, 2.05) is 25.1 Å². The smallest absolute Gasteiger partial charge is 0.161 e. The van der Waals surface area contributed by atoms with Crippen LogP contribution in [0.5, 0.6) is 11.5 Å². The lowest BCUT2D eigenvalue weighted by molar-refractivity contribution is 0.354. The van der Waals surface area contributed by atoms with Gasteiger partial charge in [-0.25, -0.2) is 4.98 Å². The summed E-state index contributed by atoms with van der Waals surface area (Å²) in [5.74, 6) is 2.18. The van der Waals surface area contributed by atoms with E-state index in [-0.39, 0.29) is 0 Å². The molecule has 2 rings (SSSR count). The van der Waals surface area contributed by atoms with Gasteiger partial charge in [-0.2, -0.15) is 0 Å². The Morgan fingerprint density at radius 2 is 1.95 bits per heavy atom. The fourth-order valence-electron chi connectivity index (χ4n) is 1.89. The summed E-state index contributed by atoms with van der Waals surface area (Å²) in [6, 6.07) is 5.79. The standard InChI is InChI=1S/C15H18BrN3O2/c1-9-11(17)8-19-15(14(9)16)18-7-10-4-5-12(20-2)13(6-10)21-3/h4-6,8H,7,17H2,1-3H3,(H,18,19). The second-order valence-electron chi connectivity index (χ2n) is 4.54. The van der Waals surface area contributed by atoms with E-state index < -0.39 is 0 Å². The highest BCUT2D eigenvalue weighted by atomic mass is 79.9. The summed E-state index contributed by atoms with van der Waals surface area (Å²) in [4.78, 5) is 4.29. The molecule has 0 unspecified atom stereocenters. The number of hydrogen-bond acceptors (Lipinski definition) is 5. The number of ether oxygens (including phenoxy) is 2. The molecule has 2 aromatic rings. The summed E-state index contributed by atoms with van der Waals surface area (Å²) in [7, 11) is 3.24. The predicted molar refractivity (Wildman–Crippen MR) is 88.0 cm³/mol. The Labute approximate surface area is 132 Å². The van der Waals surface area contributed by atoms with Crippen LogP contribution in [0.25, 0.3) is 0 Å². The van der Waals surface area contributed by atoms with E-state index >= 15 is 0 Å². The molecule has 3 N–H and O–H groups in total. The molecule has 0 fully saturated rings. The molecule has 1 aromatic carbocycles. The molecule has 112 valence electrons. The molecule has 1 aromatic heterocycles. The number of hydrogen-bond donors (Lipinski definition) is 2. The van der Waals surface area contributed by atoms with Crippen LogP contribution in [0, 0.1) is 6.92 Å². The summed E-state index contributed by atoms with van der Waals surface area (Å²) in [6.07, 6.45) is 1.65. The molecule has 0 radical (unpaired) electrons. The first kappa shape index (κ1) is 15.4. The Bertz CT molecular complexity index is 647. The molecule has 0 saturated carbocycles. The van der Waals surface area contributed by atoms with Gasteiger partial charge in [0.1, 0.15) is 5.82 Å². The molecule has 0 bridgehead atoms. The van der Waals surface area contributed by atoms with Crippen LogP contribution in [0.2, 0.25) is 0 Å². The van der Waals surface area contributed by atoms with Crippen molar-refractivity contribution >= 4 is 27.4 Å². The SMILES string of the molecule is COc1ccc(CNc2ncc(N)c(C)c2Br)cc1OC. The molecule has 0 amide bonds. The Morgan fingerprint density at radius 1 is 1.24 bits per heavy atom. The van der Waals surface area contributed by atoms with Crippen molar-refractivity contribution in [2.45, 2.75) is 13.5 Å². The third-order valence-electron chi connectivity index (χ3n) is 3.21. The molecular weight excluding hydrogens is 334 g/mol. The fraction of sp³-hybridized carbons (Fsp3) is 0.267. The number of halogens is 1. The van der Waals surface area contributed by atoms with E-state index in [9.17, 15) is 0 Å². The van der Waals surface area contributed by atoms with Crippen LogP contribution in [0.3, 0.4) is 0 Å². The number of pyridine rings is 1. The minimum absolute atomic E-state index is 0.620. The van der Waals surface area contributed by atoms with Gasteiger partial charge in [0.25, 0.3) is 0 Å². The topological polar surface area (TPSA) is 69.4 Å². The number of nitrogens with one attached hydrogen (secondary N) is 1. The van der Waals surface area contributed by atoms with Crippen LogP contribution in [0.1, 0.15) is 11.1 Å². The van der Waals surface area contributed by atoms with Crippen LogP contribution < -0.4 is 20.5 Å². The average Bonchev–Trinajstić information content (AvgIpc) is 2.51. The number of anilines is 2. The number of nitrogen functional groups attached to an aromatic ring is 1. The molecule has 0 atom stereocenters. The molecule has 5 nitrogen and oxygen atoms in total. The first-order valence-electron chi connectivity index (χ1n) is 6.42. The van der Waals surface area contributed by atoms with Crippen molar-refractivity contribution in [1.82, 2.24) is 4.98 Å². The van der Waals surface area contributed by atoms with Crippen molar-refractivity contribution in [3.63, 3.8) is 0 Å². The van der Waals surface area contributed by atoms with Crippen molar-refractivity contribution in [2.75, 3.05) is 25.3 Å². The Balaban J connectivity index is 2.15. The normalized spacial score (nSPS) is 10.3. The number of aromatic nitrogens is 1. The van der Waals surface area contributed by atoms with Crippen molar-refractivity contribution in [1.29, 1.82) is 0 Å². The van der Waals surface area contributed by atoms with Gasteiger partial charge < -0.3 is 20.5 Å². The molecule has 0 aliphatic heterocycles. The Morgan fingerprint density at radius 3 is 2.62 bits per heavy atom. The maximum Gasteiger partial charge on any atom is 0.161 e. The Hall–Kier alpha value is -1.95. The van der Waals surface area contributed by atoms with Crippen molar-refractivity contribution in [3.05, 3.63) is 40.0 Å². The highest BCUT2D eigenvalue weighted by Crippen LogP contribution is 2.30. The fourth-order valence-corrected chi connectivity index (χ4v) is 2.36. The van der Waals surface area contributed by atoms with Crippen molar-refractivity contribution in [3.8, 4) is 11.5 Å². The van der Waals surface area contributed by atoms with Gasteiger partial charge in [-0.1, -0.05) is 6.07 Å². The lowest BCUT2D eigenvalue weighted by atomic mass is 10.2. The molecule has 1 heterocycles. The minimum Gasteiger partial charge on any atom is -0.493 e. The van der Waals surface area contributed by atoms with Crippen LogP contribution in [0.4, 0.5) is 11.5 Å². The second kappa shape index (κ2) is 6.67. The van der Waals surface area contributed by atoms with E-state index in [1.54, 1.807) is 20.4 Å². The van der Waals surface area contributed by atoms with Crippen molar-refractivity contribution < 1.29 is 9.47 Å². The number of nitrogens with zero attached hydrogens (tertiary/aromatic N) is 1. The first-order chi connectivity index (χ1) is 10.1. The summed E-state index contributed by atoms with van der Waals surface area (Å²) < 4.78 is 11.4. The van der Waals surface area contributed by atoms with E-state index in [4.69, 9.17) is 15.2 Å². The molecular formula is C15H18BrN3O2. The molecule has 21 heavy (non-hydrogen) atoms. The maximum absolute atomic E-state index is 5.82. The monoisotopic (exact) mass is 351 g/mol.